The van der Waals surface area contributed by atoms with E-state index in [9.17, 15) is 9.59 Å². The van der Waals surface area contributed by atoms with Gasteiger partial charge < -0.3 is 14.2 Å². The first-order valence-electron chi connectivity index (χ1n) is 11.7. The van der Waals surface area contributed by atoms with Crippen LogP contribution in [0.2, 0.25) is 0 Å². The van der Waals surface area contributed by atoms with Gasteiger partial charge in [-0.2, -0.15) is 5.26 Å². The van der Waals surface area contributed by atoms with E-state index in [1.165, 1.54) is 6.20 Å². The van der Waals surface area contributed by atoms with Gasteiger partial charge in [0.25, 0.3) is 0 Å². The molecule has 35 heavy (non-hydrogen) atoms. The zero-order chi connectivity index (χ0) is 24.8. The molecule has 5 rings (SSSR count). The number of aromatic nitrogens is 1. The van der Waals surface area contributed by atoms with Gasteiger partial charge in [-0.15, -0.1) is 0 Å². The minimum absolute atomic E-state index is 0.0200. The number of aliphatic imine (C=N–C) groups is 1. The Balaban J connectivity index is 1.43. The molecule has 1 aromatic carbocycles. The predicted molar refractivity (Wildman–Crippen MR) is 126 cm³/mol. The molecule has 1 saturated carbocycles. The summed E-state index contributed by atoms with van der Waals surface area (Å²) in [6.45, 7) is 6.35. The third-order valence-corrected chi connectivity index (χ3v) is 6.75. The van der Waals surface area contributed by atoms with E-state index in [0.29, 0.717) is 30.4 Å². The van der Waals surface area contributed by atoms with E-state index in [2.05, 4.69) is 4.98 Å². The van der Waals surface area contributed by atoms with Crippen LogP contribution in [0.4, 0.5) is 0 Å². The van der Waals surface area contributed by atoms with Crippen LogP contribution in [0.3, 0.4) is 0 Å². The van der Waals surface area contributed by atoms with Crippen LogP contribution in [0.1, 0.15) is 67.2 Å². The largest absolute Gasteiger partial charge is 0.493 e. The van der Waals surface area contributed by atoms with Crippen LogP contribution in [0.5, 0.6) is 5.75 Å². The molecule has 8 heteroatoms. The van der Waals surface area contributed by atoms with Crippen LogP contribution in [0.15, 0.2) is 41.5 Å². The molecule has 1 aliphatic carbocycles. The van der Waals surface area contributed by atoms with Crippen molar-refractivity contribution in [1.82, 2.24) is 4.98 Å². The first kappa shape index (κ1) is 23.0. The average molecular weight is 474 g/mol. The normalized spacial score (nSPS) is 21.4. The standard InChI is InChI=1S/C27H27N3O5/c1-25(2,3)35-24(32)12-23-30-27(16-34-23)19-10-17(5-7-22(19)33-15-26(27)8-9-26)11-21(31)20-6-4-18(13-28)14-29-20/h4-7,10,14H,8-9,11-12,15-16H2,1-3H3. The second kappa shape index (κ2) is 8.19. The minimum Gasteiger partial charge on any atom is -0.493 e. The molecule has 2 aliphatic heterocycles. The van der Waals surface area contributed by atoms with Gasteiger partial charge in [0, 0.05) is 23.6 Å². The fraction of sp³-hybridized carbons (Fsp3) is 0.444. The highest BCUT2D eigenvalue weighted by atomic mass is 16.6. The van der Waals surface area contributed by atoms with E-state index in [-0.39, 0.29) is 30.0 Å². The van der Waals surface area contributed by atoms with E-state index in [1.54, 1.807) is 12.1 Å². The number of ether oxygens (including phenoxy) is 3. The Hall–Kier alpha value is -3.73. The fourth-order valence-corrected chi connectivity index (χ4v) is 4.83. The van der Waals surface area contributed by atoms with Crippen molar-refractivity contribution in [1.29, 1.82) is 5.26 Å². The summed E-state index contributed by atoms with van der Waals surface area (Å²) < 4.78 is 17.5. The van der Waals surface area contributed by atoms with Gasteiger partial charge in [0.05, 0.1) is 12.2 Å². The molecule has 2 aromatic rings. The molecule has 0 amide bonds. The minimum atomic E-state index is -0.649. The van der Waals surface area contributed by atoms with Crippen LogP contribution >= 0.6 is 0 Å². The fourth-order valence-electron chi connectivity index (χ4n) is 4.83. The van der Waals surface area contributed by atoms with E-state index in [0.717, 1.165) is 29.7 Å². The Bertz CT molecular complexity index is 1270. The zero-order valence-electron chi connectivity index (χ0n) is 20.1. The summed E-state index contributed by atoms with van der Waals surface area (Å²) in [5.41, 5.74) is 1.02. The second-order valence-corrected chi connectivity index (χ2v) is 10.5. The lowest BCUT2D eigenvalue weighted by atomic mass is 9.74. The van der Waals surface area contributed by atoms with Gasteiger partial charge in [0.2, 0.25) is 0 Å². The molecule has 1 atom stereocenters. The van der Waals surface area contributed by atoms with Crippen LogP contribution in [-0.2, 0) is 26.2 Å². The first-order chi connectivity index (χ1) is 16.6. The van der Waals surface area contributed by atoms with Crippen LogP contribution in [-0.4, -0.2) is 41.4 Å². The Morgan fingerprint density at radius 1 is 1.11 bits per heavy atom. The topological polar surface area (TPSA) is 111 Å². The Kier molecular flexibility index (Phi) is 5.39. The monoisotopic (exact) mass is 473 g/mol. The van der Waals surface area contributed by atoms with E-state index < -0.39 is 11.1 Å². The van der Waals surface area contributed by atoms with Gasteiger partial charge in [0.15, 0.2) is 11.7 Å². The number of rotatable bonds is 5. The summed E-state index contributed by atoms with van der Waals surface area (Å²) in [6, 6.07) is 10.9. The van der Waals surface area contributed by atoms with Crippen molar-refractivity contribution in [3.8, 4) is 11.8 Å². The highest BCUT2D eigenvalue weighted by Crippen LogP contribution is 2.65. The molecule has 0 radical (unpaired) electrons. The van der Waals surface area contributed by atoms with Crippen LogP contribution < -0.4 is 4.74 Å². The molecule has 2 spiro atoms. The maximum Gasteiger partial charge on any atom is 0.315 e. The van der Waals surface area contributed by atoms with Crippen molar-refractivity contribution in [2.75, 3.05) is 13.2 Å². The second-order valence-electron chi connectivity index (χ2n) is 10.5. The number of ketones is 1. The number of hydrogen-bond donors (Lipinski definition) is 0. The van der Waals surface area contributed by atoms with Gasteiger partial charge in [-0.3, -0.25) is 14.6 Å². The molecule has 180 valence electrons. The van der Waals surface area contributed by atoms with Crippen molar-refractivity contribution in [3.63, 3.8) is 0 Å². The number of fused-ring (bicyclic) bond motifs is 3. The van der Waals surface area contributed by atoms with E-state index in [1.807, 2.05) is 45.0 Å². The molecule has 0 N–H and O–H groups in total. The third kappa shape index (κ3) is 4.27. The summed E-state index contributed by atoms with van der Waals surface area (Å²) in [4.78, 5) is 34.3. The molecule has 0 saturated heterocycles. The third-order valence-electron chi connectivity index (χ3n) is 6.75. The number of nitrogens with zero attached hydrogens (tertiary/aromatic N) is 3. The van der Waals surface area contributed by atoms with Crippen LogP contribution in [0.25, 0.3) is 0 Å². The molecule has 1 fully saturated rings. The quantitative estimate of drug-likeness (QED) is 0.478. The van der Waals surface area contributed by atoms with Gasteiger partial charge in [-0.1, -0.05) is 6.07 Å². The number of benzene rings is 1. The predicted octanol–water partition coefficient (Wildman–Crippen LogP) is 3.91. The highest BCUT2D eigenvalue weighted by molar-refractivity contribution is 5.96. The molecule has 8 nitrogen and oxygen atoms in total. The Morgan fingerprint density at radius 2 is 1.91 bits per heavy atom. The zero-order valence-corrected chi connectivity index (χ0v) is 20.1. The van der Waals surface area contributed by atoms with Gasteiger partial charge >= 0.3 is 5.97 Å². The lowest BCUT2D eigenvalue weighted by molar-refractivity contribution is -0.153. The van der Waals surface area contributed by atoms with Crippen molar-refractivity contribution in [2.45, 2.75) is 57.6 Å². The molecule has 1 unspecified atom stereocenters. The lowest BCUT2D eigenvalue weighted by Gasteiger charge is -2.39. The summed E-state index contributed by atoms with van der Waals surface area (Å²) in [5, 5.41) is 8.95. The molecule has 3 heterocycles. The number of Topliss-reactive ketones (excluding diaryl/α,β-unsaturated/α-hetero) is 1. The summed E-state index contributed by atoms with van der Waals surface area (Å²) in [7, 11) is 0. The number of pyridine rings is 1. The lowest BCUT2D eigenvalue weighted by Crippen LogP contribution is -2.44. The molecular formula is C27H27N3O5. The summed E-state index contributed by atoms with van der Waals surface area (Å²) in [5.74, 6) is 0.584. The summed E-state index contributed by atoms with van der Waals surface area (Å²) in [6.07, 6.45) is 3.45. The van der Waals surface area contributed by atoms with Gasteiger partial charge in [-0.25, -0.2) is 4.99 Å². The van der Waals surface area contributed by atoms with E-state index in [4.69, 9.17) is 24.5 Å². The molecular weight excluding hydrogens is 446 g/mol. The maximum absolute atomic E-state index is 12.8. The SMILES string of the molecule is CC(C)(C)OC(=O)CC1=NC2(CO1)c1cc(CC(=O)c3ccc(C#N)cn3)ccc1OCC21CC1. The first-order valence-corrected chi connectivity index (χ1v) is 11.7. The average Bonchev–Trinajstić information content (AvgIpc) is 3.49. The Morgan fingerprint density at radius 3 is 2.57 bits per heavy atom. The van der Waals surface area contributed by atoms with Crippen molar-refractivity contribution in [2.24, 2.45) is 10.4 Å². The van der Waals surface area contributed by atoms with E-state index >= 15 is 0 Å². The highest BCUT2D eigenvalue weighted by Gasteiger charge is 2.66. The number of esters is 1. The summed E-state index contributed by atoms with van der Waals surface area (Å²) >= 11 is 0. The number of nitriles is 1. The number of carbonyl (C=O) groups is 2. The Labute approximate surface area is 203 Å². The van der Waals surface area contributed by atoms with Crippen molar-refractivity contribution < 1.29 is 23.8 Å². The van der Waals surface area contributed by atoms with Crippen LogP contribution in [0, 0.1) is 16.7 Å². The molecule has 0 bridgehead atoms. The number of carbonyl (C=O) groups excluding carboxylic acids is 2. The molecule has 1 aromatic heterocycles. The van der Waals surface area contributed by atoms with Crippen molar-refractivity contribution >= 4 is 17.7 Å². The van der Waals surface area contributed by atoms with Gasteiger partial charge in [0.1, 0.15) is 41.7 Å². The smallest absolute Gasteiger partial charge is 0.315 e. The van der Waals surface area contributed by atoms with Gasteiger partial charge in [-0.05, 0) is 63.4 Å². The maximum atomic E-state index is 12.8. The van der Waals surface area contributed by atoms with Crippen molar-refractivity contribution in [3.05, 3.63) is 58.9 Å². The number of hydrogen-bond acceptors (Lipinski definition) is 8. The molecule has 3 aliphatic rings.